The molecular formula is C24H34F3N2U+. The molecule has 30 heavy (non-hydrogen) atoms. The predicted octanol–water partition coefficient (Wildman–Crippen LogP) is 6.28. The molecule has 6 heteroatoms. The predicted molar refractivity (Wildman–Crippen MR) is 115 cm³/mol. The number of aryl methyl sites for hydroxylation is 1. The van der Waals surface area contributed by atoms with E-state index in [1.807, 2.05) is 13.0 Å². The van der Waals surface area contributed by atoms with Crippen molar-refractivity contribution in [2.75, 3.05) is 26.7 Å². The minimum atomic E-state index is -1.00. The topological polar surface area (TPSA) is 12.0 Å². The van der Waals surface area contributed by atoms with Crippen molar-refractivity contribution in [3.05, 3.63) is 77.6 Å². The molecule has 0 bridgehead atoms. The number of quaternary nitrogens is 1. The maximum Gasteiger partial charge on any atom is 2.00 e. The van der Waals surface area contributed by atoms with E-state index in [9.17, 15) is 13.2 Å². The molecule has 2 rings (SSSR count). The minimum absolute atomic E-state index is 0. The van der Waals surface area contributed by atoms with E-state index in [0.717, 1.165) is 42.5 Å². The van der Waals surface area contributed by atoms with E-state index in [1.165, 1.54) is 11.3 Å². The number of rotatable bonds is 6. The Morgan fingerprint density at radius 2 is 2.03 bits per heavy atom. The van der Waals surface area contributed by atoms with Gasteiger partial charge in [-0.25, -0.2) is 0 Å². The third-order valence-corrected chi connectivity index (χ3v) is 5.17. The second-order valence-corrected chi connectivity index (χ2v) is 7.75. The molecule has 1 aliphatic rings. The zero-order valence-electron chi connectivity index (χ0n) is 18.7. The van der Waals surface area contributed by atoms with Crippen LogP contribution in [0.15, 0.2) is 47.7 Å². The number of allylic oxidation sites excluding steroid dienone is 3. The third kappa shape index (κ3) is 9.04. The fourth-order valence-corrected chi connectivity index (χ4v) is 3.66. The van der Waals surface area contributed by atoms with E-state index in [1.54, 1.807) is 6.07 Å². The summed E-state index contributed by atoms with van der Waals surface area (Å²) in [5, 5.41) is 3.44. The van der Waals surface area contributed by atoms with Crippen molar-refractivity contribution < 1.29 is 48.8 Å². The molecule has 0 spiro atoms. The quantitative estimate of drug-likeness (QED) is 0.284. The monoisotopic (exact) mass is 645 g/mol. The largest absolute Gasteiger partial charge is 2.00 e. The van der Waals surface area contributed by atoms with Crippen molar-refractivity contribution in [2.24, 2.45) is 0 Å². The van der Waals surface area contributed by atoms with Gasteiger partial charge in [0.15, 0.2) is 0 Å². The first kappa shape index (κ1) is 29.0. The van der Waals surface area contributed by atoms with Gasteiger partial charge in [-0.1, -0.05) is 37.6 Å². The SMILES string of the molecule is CCCN/C(C)=C/C[N+]1(C)CC/C=C\C=C(/C)C1c1[c-]cc(C)cc1F.F[CH-]F.[U+2]. The van der Waals surface area contributed by atoms with E-state index in [2.05, 4.69) is 63.5 Å². The fraction of sp³-hybridized carbons (Fsp3) is 0.458. The molecule has 1 heterocycles. The zero-order chi connectivity index (χ0) is 21.9. The summed E-state index contributed by atoms with van der Waals surface area (Å²) in [5.41, 5.74) is 3.95. The second-order valence-electron chi connectivity index (χ2n) is 7.75. The van der Waals surface area contributed by atoms with Gasteiger partial charge in [0.05, 0.1) is 20.1 Å². The van der Waals surface area contributed by atoms with Crippen molar-refractivity contribution in [2.45, 2.75) is 46.6 Å². The number of nitrogens with zero attached hydrogens (tertiary/aromatic N) is 1. The summed E-state index contributed by atoms with van der Waals surface area (Å²) in [6, 6.07) is 6.73. The summed E-state index contributed by atoms with van der Waals surface area (Å²) in [4.78, 5) is 0. The molecule has 0 amide bonds. The first-order valence-electron chi connectivity index (χ1n) is 10.1. The van der Waals surface area contributed by atoms with Crippen molar-refractivity contribution >= 4 is 0 Å². The van der Waals surface area contributed by atoms with E-state index >= 15 is 0 Å². The van der Waals surface area contributed by atoms with E-state index in [4.69, 9.17) is 0 Å². The third-order valence-electron chi connectivity index (χ3n) is 5.17. The first-order valence-corrected chi connectivity index (χ1v) is 10.1. The van der Waals surface area contributed by atoms with E-state index in [-0.39, 0.29) is 43.0 Å². The molecule has 1 aromatic carbocycles. The zero-order valence-corrected chi connectivity index (χ0v) is 22.9. The number of likely N-dealkylation sites (N-methyl/N-ethyl adjacent to an activating group) is 1. The Labute approximate surface area is 204 Å². The first-order chi connectivity index (χ1) is 13.8. The van der Waals surface area contributed by atoms with Crippen LogP contribution < -0.4 is 5.32 Å². The standard InChI is InChI=1S/C23H33FN2.CHF2.U/c1-6-14-25-20(4)13-16-26(5)15-9-7-8-10-19(3)23(26)21-12-11-18(2)17-22(21)24;2-1-3;/h7-8,10-11,13,17,23,25H,6,9,14-16H2,1-5H3;1H;/q;-1;+2/b8-7-,19-10+,20-13+;;. The van der Waals surface area contributed by atoms with Gasteiger partial charge in [-0.2, -0.15) is 17.7 Å². The van der Waals surface area contributed by atoms with Crippen LogP contribution in [0, 0.1) is 56.8 Å². The van der Waals surface area contributed by atoms with Crippen molar-refractivity contribution in [3.63, 3.8) is 0 Å². The van der Waals surface area contributed by atoms with Crippen LogP contribution in [-0.4, -0.2) is 31.2 Å². The summed E-state index contributed by atoms with van der Waals surface area (Å²) in [5.74, 6) is -0.151. The summed E-state index contributed by atoms with van der Waals surface area (Å²) >= 11 is 0. The molecule has 0 saturated heterocycles. The Morgan fingerprint density at radius 1 is 1.37 bits per heavy atom. The van der Waals surface area contributed by atoms with Crippen LogP contribution in [0.1, 0.15) is 50.8 Å². The number of halogens is 3. The van der Waals surface area contributed by atoms with Crippen LogP contribution in [-0.2, 0) is 0 Å². The molecule has 0 aliphatic carbocycles. The Bertz CT molecular complexity index is 731. The van der Waals surface area contributed by atoms with Crippen molar-refractivity contribution in [3.8, 4) is 0 Å². The number of hydrogen-bond acceptors (Lipinski definition) is 1. The molecule has 2 nitrogen and oxygen atoms in total. The molecular weight excluding hydrogens is 611 g/mol. The van der Waals surface area contributed by atoms with Crippen LogP contribution in [0.4, 0.5) is 13.2 Å². The maximum absolute atomic E-state index is 14.8. The molecule has 0 aromatic heterocycles. The average molecular weight is 646 g/mol. The molecule has 0 saturated carbocycles. The number of nitrogens with one attached hydrogen (secondary N) is 1. The normalized spacial score (nSPS) is 24.2. The Kier molecular flexibility index (Phi) is 14.5. The van der Waals surface area contributed by atoms with Gasteiger partial charge in [-0.3, -0.25) is 4.39 Å². The van der Waals surface area contributed by atoms with Gasteiger partial charge in [-0.05, 0) is 38.8 Å². The molecule has 0 radical (unpaired) electrons. The Balaban J connectivity index is 0.00000198. The molecule has 2 atom stereocenters. The smallest absolute Gasteiger partial charge is 0.425 e. The van der Waals surface area contributed by atoms with Gasteiger partial charge in [-0.15, -0.1) is 6.07 Å². The molecule has 1 aliphatic heterocycles. The van der Waals surface area contributed by atoms with Crippen molar-refractivity contribution in [1.29, 1.82) is 0 Å². The fourth-order valence-electron chi connectivity index (χ4n) is 3.66. The summed E-state index contributed by atoms with van der Waals surface area (Å²) in [6.07, 6.45) is 10.8. The Morgan fingerprint density at radius 3 is 2.63 bits per heavy atom. The molecule has 2 unspecified atom stereocenters. The maximum atomic E-state index is 14.8. The van der Waals surface area contributed by atoms with Gasteiger partial charge in [0.2, 0.25) is 0 Å². The van der Waals surface area contributed by atoms with E-state index < -0.39 is 6.93 Å². The number of benzene rings is 1. The van der Waals surface area contributed by atoms with Gasteiger partial charge in [0.25, 0.3) is 0 Å². The molecule has 164 valence electrons. The second kappa shape index (κ2) is 14.9. The summed E-state index contributed by atoms with van der Waals surface area (Å²) < 4.78 is 34.6. The summed E-state index contributed by atoms with van der Waals surface area (Å²) in [7, 11) is 2.23. The van der Waals surface area contributed by atoms with Gasteiger partial charge in [0.1, 0.15) is 6.04 Å². The molecule has 1 N–H and O–H groups in total. The minimum Gasteiger partial charge on any atom is -0.425 e. The molecule has 0 fully saturated rings. The number of hydrogen-bond donors (Lipinski definition) is 1. The summed E-state index contributed by atoms with van der Waals surface area (Å²) in [6.45, 7) is 10.1. The van der Waals surface area contributed by atoms with Crippen LogP contribution in [0.25, 0.3) is 0 Å². The van der Waals surface area contributed by atoms with Crippen LogP contribution >= 0.6 is 0 Å². The van der Waals surface area contributed by atoms with Crippen LogP contribution in [0.3, 0.4) is 0 Å². The Hall–Kier alpha value is -0.958. The van der Waals surface area contributed by atoms with Crippen LogP contribution in [0.5, 0.6) is 0 Å². The average Bonchev–Trinajstić information content (AvgIpc) is 2.66. The van der Waals surface area contributed by atoms with Crippen molar-refractivity contribution in [1.82, 2.24) is 5.32 Å². The van der Waals surface area contributed by atoms with Gasteiger partial charge < -0.3 is 18.6 Å². The molecule has 1 aromatic rings. The van der Waals surface area contributed by atoms with Crippen LogP contribution in [0.2, 0.25) is 0 Å². The van der Waals surface area contributed by atoms with E-state index in [0.29, 0.717) is 5.56 Å². The van der Waals surface area contributed by atoms with Gasteiger partial charge >= 0.3 is 31.1 Å². The van der Waals surface area contributed by atoms with Gasteiger partial charge in [0, 0.05) is 24.5 Å².